The minimum Gasteiger partial charge on any atom is -0.481 e. The Morgan fingerprint density at radius 1 is 1.54 bits per heavy atom. The van der Waals surface area contributed by atoms with Crippen LogP contribution in [0.4, 0.5) is 0 Å². The first-order valence-electron chi connectivity index (χ1n) is 4.40. The van der Waals surface area contributed by atoms with Gasteiger partial charge in [-0.25, -0.2) is 4.98 Å². The second-order valence-corrected chi connectivity index (χ2v) is 3.06. The normalized spacial score (nSPS) is 12.5. The van der Waals surface area contributed by atoms with Gasteiger partial charge in [-0.05, 0) is 25.8 Å². The number of aliphatic hydroxyl groups excluding tert-OH is 1. The van der Waals surface area contributed by atoms with Gasteiger partial charge in [0, 0.05) is 11.8 Å². The van der Waals surface area contributed by atoms with Crippen LogP contribution in [0.2, 0.25) is 0 Å². The van der Waals surface area contributed by atoms with E-state index in [4.69, 9.17) is 9.84 Å². The first-order chi connectivity index (χ1) is 6.22. The van der Waals surface area contributed by atoms with Gasteiger partial charge >= 0.3 is 0 Å². The molecule has 0 fully saturated rings. The number of nitrogens with zero attached hydrogens (tertiary/aromatic N) is 1. The van der Waals surface area contributed by atoms with E-state index in [-0.39, 0.29) is 6.10 Å². The quantitative estimate of drug-likeness (QED) is 0.763. The van der Waals surface area contributed by atoms with Crippen LogP contribution < -0.4 is 4.74 Å². The van der Waals surface area contributed by atoms with Gasteiger partial charge in [0.15, 0.2) is 0 Å². The molecule has 0 unspecified atom stereocenters. The molecule has 0 aliphatic carbocycles. The first-order valence-corrected chi connectivity index (χ1v) is 4.40. The van der Waals surface area contributed by atoms with Crippen LogP contribution in [0.5, 0.6) is 5.88 Å². The van der Waals surface area contributed by atoms with Crippen LogP contribution in [0, 0.1) is 0 Å². The highest BCUT2D eigenvalue weighted by atomic mass is 16.5. The van der Waals surface area contributed by atoms with E-state index in [9.17, 15) is 0 Å². The summed E-state index contributed by atoms with van der Waals surface area (Å²) in [7, 11) is 1.60. The summed E-state index contributed by atoms with van der Waals surface area (Å²) in [5.41, 5.74) is 0.959. The summed E-state index contributed by atoms with van der Waals surface area (Å²) in [6, 6.07) is 5.65. The van der Waals surface area contributed by atoms with Gasteiger partial charge < -0.3 is 9.84 Å². The van der Waals surface area contributed by atoms with E-state index >= 15 is 0 Å². The Labute approximate surface area is 78.4 Å². The van der Waals surface area contributed by atoms with E-state index < -0.39 is 0 Å². The van der Waals surface area contributed by atoms with Crippen molar-refractivity contribution in [3.8, 4) is 5.88 Å². The molecule has 1 aromatic heterocycles. The molecule has 1 atom stereocenters. The molecule has 1 N–H and O–H groups in total. The fourth-order valence-electron chi connectivity index (χ4n) is 1.07. The molecular weight excluding hydrogens is 166 g/mol. The van der Waals surface area contributed by atoms with Crippen molar-refractivity contribution in [2.24, 2.45) is 0 Å². The molecule has 0 aliphatic heterocycles. The van der Waals surface area contributed by atoms with E-state index in [1.165, 1.54) is 0 Å². The molecule has 72 valence electrons. The van der Waals surface area contributed by atoms with Crippen molar-refractivity contribution in [2.75, 3.05) is 7.11 Å². The maximum Gasteiger partial charge on any atom is 0.213 e. The highest BCUT2D eigenvalue weighted by Gasteiger charge is 2.00. The Kier molecular flexibility index (Phi) is 3.71. The zero-order valence-corrected chi connectivity index (χ0v) is 8.03. The fraction of sp³-hybridized carbons (Fsp3) is 0.500. The van der Waals surface area contributed by atoms with Crippen LogP contribution in [-0.2, 0) is 6.42 Å². The lowest BCUT2D eigenvalue weighted by molar-refractivity contribution is 0.184. The number of rotatable bonds is 4. The molecule has 13 heavy (non-hydrogen) atoms. The van der Waals surface area contributed by atoms with Gasteiger partial charge in [-0.3, -0.25) is 0 Å². The third-order valence-electron chi connectivity index (χ3n) is 1.81. The van der Waals surface area contributed by atoms with E-state index in [0.717, 1.165) is 18.5 Å². The van der Waals surface area contributed by atoms with Gasteiger partial charge in [0.1, 0.15) is 0 Å². The summed E-state index contributed by atoms with van der Waals surface area (Å²) >= 11 is 0. The van der Waals surface area contributed by atoms with E-state index in [1.807, 2.05) is 18.2 Å². The van der Waals surface area contributed by atoms with E-state index in [1.54, 1.807) is 14.0 Å². The number of hydrogen-bond acceptors (Lipinski definition) is 3. The minimum absolute atomic E-state index is 0.270. The van der Waals surface area contributed by atoms with Crippen molar-refractivity contribution < 1.29 is 9.84 Å². The summed E-state index contributed by atoms with van der Waals surface area (Å²) in [6.45, 7) is 1.78. The average molecular weight is 181 g/mol. The molecule has 0 bridgehead atoms. The van der Waals surface area contributed by atoms with Gasteiger partial charge in [0.25, 0.3) is 0 Å². The fourth-order valence-corrected chi connectivity index (χ4v) is 1.07. The van der Waals surface area contributed by atoms with Crippen molar-refractivity contribution in [3.63, 3.8) is 0 Å². The van der Waals surface area contributed by atoms with Crippen molar-refractivity contribution in [3.05, 3.63) is 23.9 Å². The van der Waals surface area contributed by atoms with Gasteiger partial charge in [0.05, 0.1) is 13.2 Å². The number of aryl methyl sites for hydroxylation is 1. The number of methoxy groups -OCH3 is 1. The Bertz CT molecular complexity index is 261. The molecule has 0 aliphatic rings. The van der Waals surface area contributed by atoms with Crippen LogP contribution in [0.1, 0.15) is 19.0 Å². The maximum absolute atomic E-state index is 9.08. The molecule has 0 amide bonds. The van der Waals surface area contributed by atoms with E-state index in [0.29, 0.717) is 5.88 Å². The summed E-state index contributed by atoms with van der Waals surface area (Å²) in [5, 5.41) is 9.08. The smallest absolute Gasteiger partial charge is 0.213 e. The Morgan fingerprint density at radius 2 is 2.31 bits per heavy atom. The van der Waals surface area contributed by atoms with Crippen molar-refractivity contribution in [1.29, 1.82) is 0 Å². The van der Waals surface area contributed by atoms with Gasteiger partial charge in [0.2, 0.25) is 5.88 Å². The van der Waals surface area contributed by atoms with Crippen molar-refractivity contribution in [2.45, 2.75) is 25.9 Å². The standard InChI is InChI=1S/C10H15NO2/c1-8(12)6-7-9-4-3-5-10(11-9)13-2/h3-5,8,12H,6-7H2,1-2H3/t8-/m0/s1. The SMILES string of the molecule is COc1cccc(CC[C@H](C)O)n1. The summed E-state index contributed by atoms with van der Waals surface area (Å²) in [6.07, 6.45) is 1.25. The topological polar surface area (TPSA) is 42.4 Å². The third-order valence-corrected chi connectivity index (χ3v) is 1.81. The van der Waals surface area contributed by atoms with Gasteiger partial charge in [-0.15, -0.1) is 0 Å². The van der Waals surface area contributed by atoms with Gasteiger partial charge in [-0.2, -0.15) is 0 Å². The lowest BCUT2D eigenvalue weighted by atomic mass is 10.1. The van der Waals surface area contributed by atoms with Crippen LogP contribution in [-0.4, -0.2) is 23.3 Å². The molecule has 0 saturated carbocycles. The van der Waals surface area contributed by atoms with Crippen LogP contribution in [0.3, 0.4) is 0 Å². The lowest BCUT2D eigenvalue weighted by Gasteiger charge is -2.04. The second-order valence-electron chi connectivity index (χ2n) is 3.06. The van der Waals surface area contributed by atoms with Crippen LogP contribution >= 0.6 is 0 Å². The molecule has 3 heteroatoms. The van der Waals surface area contributed by atoms with Crippen LogP contribution in [0.25, 0.3) is 0 Å². The number of aliphatic hydroxyl groups is 1. The molecule has 0 radical (unpaired) electrons. The Hall–Kier alpha value is -1.09. The number of pyridine rings is 1. The Morgan fingerprint density at radius 3 is 2.92 bits per heavy atom. The summed E-state index contributed by atoms with van der Waals surface area (Å²) < 4.78 is 4.99. The highest BCUT2D eigenvalue weighted by Crippen LogP contribution is 2.08. The lowest BCUT2D eigenvalue weighted by Crippen LogP contribution is -2.02. The van der Waals surface area contributed by atoms with Gasteiger partial charge in [-0.1, -0.05) is 6.07 Å². The van der Waals surface area contributed by atoms with Crippen molar-refractivity contribution >= 4 is 0 Å². The second kappa shape index (κ2) is 4.82. The molecule has 1 heterocycles. The zero-order chi connectivity index (χ0) is 9.68. The Balaban J connectivity index is 2.56. The summed E-state index contributed by atoms with van der Waals surface area (Å²) in [4.78, 5) is 4.23. The monoisotopic (exact) mass is 181 g/mol. The number of ether oxygens (including phenoxy) is 1. The third kappa shape index (κ3) is 3.42. The van der Waals surface area contributed by atoms with Crippen molar-refractivity contribution in [1.82, 2.24) is 4.98 Å². The van der Waals surface area contributed by atoms with E-state index in [2.05, 4.69) is 4.98 Å². The first kappa shape index (κ1) is 9.99. The predicted molar refractivity (Wildman–Crippen MR) is 50.8 cm³/mol. The largest absolute Gasteiger partial charge is 0.481 e. The molecular formula is C10H15NO2. The molecule has 3 nitrogen and oxygen atoms in total. The molecule has 0 saturated heterocycles. The average Bonchev–Trinajstić information content (AvgIpc) is 2.15. The highest BCUT2D eigenvalue weighted by molar-refractivity contribution is 5.15. The molecule has 1 rings (SSSR count). The number of hydrogen-bond donors (Lipinski definition) is 1. The summed E-state index contributed by atoms with van der Waals surface area (Å²) in [5.74, 6) is 0.628. The molecule has 0 aromatic carbocycles. The van der Waals surface area contributed by atoms with Crippen LogP contribution in [0.15, 0.2) is 18.2 Å². The number of aromatic nitrogens is 1. The molecule has 1 aromatic rings. The maximum atomic E-state index is 9.08. The minimum atomic E-state index is -0.270. The molecule has 0 spiro atoms. The predicted octanol–water partition coefficient (Wildman–Crippen LogP) is 1.40. The zero-order valence-electron chi connectivity index (χ0n) is 8.03.